The second kappa shape index (κ2) is 9.75. The van der Waals surface area contributed by atoms with Gasteiger partial charge in [-0.05, 0) is 57.4 Å². The fourth-order valence-corrected chi connectivity index (χ4v) is 4.56. The number of tetrazole rings is 1. The van der Waals surface area contributed by atoms with Crippen LogP contribution in [-0.4, -0.2) is 34.7 Å². The summed E-state index contributed by atoms with van der Waals surface area (Å²) in [6.07, 6.45) is 6.13. The highest BCUT2D eigenvalue weighted by Crippen LogP contribution is 2.29. The summed E-state index contributed by atoms with van der Waals surface area (Å²) < 4.78 is 3.83. The molecule has 0 aliphatic heterocycles. The first kappa shape index (κ1) is 23.6. The van der Waals surface area contributed by atoms with Crippen molar-refractivity contribution in [1.82, 2.24) is 34.7 Å². The van der Waals surface area contributed by atoms with E-state index in [1.165, 1.54) is 0 Å². The molecule has 0 fully saturated rings. The topological polar surface area (TPSA) is 94.3 Å². The zero-order chi connectivity index (χ0) is 24.3. The van der Waals surface area contributed by atoms with Gasteiger partial charge in [-0.1, -0.05) is 50.1 Å². The van der Waals surface area contributed by atoms with Gasteiger partial charge in [0.2, 0.25) is 5.82 Å². The van der Waals surface area contributed by atoms with Gasteiger partial charge in [-0.2, -0.15) is 5.21 Å². The molecule has 0 bridgehead atoms. The lowest BCUT2D eigenvalue weighted by Gasteiger charge is -2.21. The molecule has 8 nitrogen and oxygen atoms in total. The van der Waals surface area contributed by atoms with Gasteiger partial charge < -0.3 is 0 Å². The third-order valence-corrected chi connectivity index (χ3v) is 6.16. The molecule has 3 aromatic heterocycles. The Balaban J connectivity index is 1.67. The molecule has 4 rings (SSSR count). The van der Waals surface area contributed by atoms with Crippen LogP contribution in [0.15, 0.2) is 47.4 Å². The van der Waals surface area contributed by atoms with Crippen LogP contribution in [0, 0.1) is 6.92 Å². The number of imidazole rings is 1. The zero-order valence-electron chi connectivity index (χ0n) is 20.7. The first-order chi connectivity index (χ1) is 16.3. The standard InChI is InChI=1S/C26H33N7O/c1-6-7-8-13-23-18(2)33(26(3,4)5)25(34)32(23)17-20-15-14-19(16-27-20)21-11-9-10-12-22(21)24-28-30-31-29-24/h9-12,14-16H,6-8,13,17H2,1-5H3,(H,28,29,30,31). The summed E-state index contributed by atoms with van der Waals surface area (Å²) in [5.41, 5.74) is 5.61. The molecular weight excluding hydrogens is 426 g/mol. The Kier molecular flexibility index (Phi) is 6.77. The van der Waals surface area contributed by atoms with E-state index in [1.807, 2.05) is 51.7 Å². The van der Waals surface area contributed by atoms with Crippen molar-refractivity contribution in [2.24, 2.45) is 0 Å². The van der Waals surface area contributed by atoms with Crippen molar-refractivity contribution in [3.63, 3.8) is 0 Å². The molecule has 0 saturated heterocycles. The van der Waals surface area contributed by atoms with Crippen molar-refractivity contribution in [3.05, 3.63) is 70.2 Å². The van der Waals surface area contributed by atoms with Crippen molar-refractivity contribution in [1.29, 1.82) is 0 Å². The predicted molar refractivity (Wildman–Crippen MR) is 134 cm³/mol. The number of unbranched alkanes of at least 4 members (excludes halogenated alkanes) is 2. The molecule has 0 radical (unpaired) electrons. The van der Waals surface area contributed by atoms with Crippen LogP contribution < -0.4 is 5.69 Å². The lowest BCUT2D eigenvalue weighted by molar-refractivity contribution is 0.373. The third-order valence-electron chi connectivity index (χ3n) is 6.16. The normalized spacial score (nSPS) is 11.8. The van der Waals surface area contributed by atoms with Crippen molar-refractivity contribution in [2.75, 3.05) is 0 Å². The molecule has 34 heavy (non-hydrogen) atoms. The summed E-state index contributed by atoms with van der Waals surface area (Å²) in [5.74, 6) is 0.543. The summed E-state index contributed by atoms with van der Waals surface area (Å²) in [6, 6.07) is 11.9. The van der Waals surface area contributed by atoms with E-state index in [4.69, 9.17) is 4.98 Å². The molecule has 0 atom stereocenters. The van der Waals surface area contributed by atoms with E-state index >= 15 is 0 Å². The molecule has 1 N–H and O–H groups in total. The molecule has 178 valence electrons. The third kappa shape index (κ3) is 4.71. The number of nitrogens with one attached hydrogen (secondary N) is 1. The average molecular weight is 460 g/mol. The lowest BCUT2D eigenvalue weighted by Crippen LogP contribution is -2.35. The molecular formula is C26H33N7O. The van der Waals surface area contributed by atoms with E-state index in [0.29, 0.717) is 12.4 Å². The molecule has 0 spiro atoms. The van der Waals surface area contributed by atoms with Gasteiger partial charge in [0.1, 0.15) is 0 Å². The van der Waals surface area contributed by atoms with Crippen molar-refractivity contribution >= 4 is 0 Å². The second-order valence-electron chi connectivity index (χ2n) is 9.68. The van der Waals surface area contributed by atoms with Crippen LogP contribution in [0.3, 0.4) is 0 Å². The molecule has 0 saturated carbocycles. The van der Waals surface area contributed by atoms with E-state index in [9.17, 15) is 4.79 Å². The maximum Gasteiger partial charge on any atom is 0.329 e. The van der Waals surface area contributed by atoms with E-state index in [0.717, 1.165) is 59.5 Å². The van der Waals surface area contributed by atoms with Gasteiger partial charge in [0.05, 0.1) is 12.2 Å². The first-order valence-corrected chi connectivity index (χ1v) is 11.9. The molecule has 1 aromatic carbocycles. The first-order valence-electron chi connectivity index (χ1n) is 11.9. The Morgan fingerprint density at radius 1 is 1.03 bits per heavy atom. The summed E-state index contributed by atoms with van der Waals surface area (Å²) in [6.45, 7) is 11.0. The highest BCUT2D eigenvalue weighted by atomic mass is 16.2. The highest BCUT2D eigenvalue weighted by Gasteiger charge is 2.24. The molecule has 3 heterocycles. The maximum atomic E-state index is 13.4. The van der Waals surface area contributed by atoms with Gasteiger partial charge in [-0.15, -0.1) is 10.2 Å². The maximum absolute atomic E-state index is 13.4. The Labute approximate surface area is 200 Å². The quantitative estimate of drug-likeness (QED) is 0.384. The van der Waals surface area contributed by atoms with Crippen LogP contribution in [0.25, 0.3) is 22.5 Å². The van der Waals surface area contributed by atoms with Crippen molar-refractivity contribution < 1.29 is 0 Å². The van der Waals surface area contributed by atoms with E-state index in [2.05, 4.69) is 55.2 Å². The van der Waals surface area contributed by atoms with E-state index < -0.39 is 0 Å². The van der Waals surface area contributed by atoms with Crippen LogP contribution >= 0.6 is 0 Å². The number of rotatable bonds is 8. The number of pyridine rings is 1. The molecule has 0 aliphatic rings. The number of benzene rings is 1. The van der Waals surface area contributed by atoms with Gasteiger partial charge in [0.25, 0.3) is 0 Å². The zero-order valence-corrected chi connectivity index (χ0v) is 20.7. The molecule has 8 heteroatoms. The Morgan fingerprint density at radius 2 is 1.79 bits per heavy atom. The minimum atomic E-state index is -0.276. The summed E-state index contributed by atoms with van der Waals surface area (Å²) >= 11 is 0. The van der Waals surface area contributed by atoms with E-state index in [1.54, 1.807) is 0 Å². The predicted octanol–water partition coefficient (Wildman–Crippen LogP) is 4.74. The Bertz CT molecular complexity index is 1290. The van der Waals surface area contributed by atoms with Crippen LogP contribution in [0.4, 0.5) is 0 Å². The van der Waals surface area contributed by atoms with E-state index in [-0.39, 0.29) is 11.2 Å². The average Bonchev–Trinajstić information content (AvgIpc) is 3.42. The Morgan fingerprint density at radius 3 is 2.41 bits per heavy atom. The van der Waals surface area contributed by atoms with Gasteiger partial charge in [-0.25, -0.2) is 4.79 Å². The van der Waals surface area contributed by atoms with Gasteiger partial charge >= 0.3 is 5.69 Å². The molecule has 0 amide bonds. The lowest BCUT2D eigenvalue weighted by atomic mass is 10.0. The van der Waals surface area contributed by atoms with Crippen LogP contribution in [-0.2, 0) is 18.5 Å². The number of hydrogen-bond donors (Lipinski definition) is 1. The summed E-state index contributed by atoms with van der Waals surface area (Å²) in [5, 5.41) is 14.4. The number of H-pyrrole nitrogens is 1. The van der Waals surface area contributed by atoms with Gasteiger partial charge in [0, 0.05) is 34.3 Å². The number of aromatic amines is 1. The summed E-state index contributed by atoms with van der Waals surface area (Å²) in [7, 11) is 0. The fourth-order valence-electron chi connectivity index (χ4n) is 4.56. The molecule has 4 aromatic rings. The van der Waals surface area contributed by atoms with Crippen LogP contribution in [0.2, 0.25) is 0 Å². The van der Waals surface area contributed by atoms with Crippen molar-refractivity contribution in [3.8, 4) is 22.5 Å². The van der Waals surface area contributed by atoms with Crippen LogP contribution in [0.5, 0.6) is 0 Å². The molecule has 0 unspecified atom stereocenters. The largest absolute Gasteiger partial charge is 0.329 e. The minimum absolute atomic E-state index is 0.0322. The van der Waals surface area contributed by atoms with Crippen LogP contribution in [0.1, 0.15) is 64.0 Å². The number of hydrogen-bond acceptors (Lipinski definition) is 5. The van der Waals surface area contributed by atoms with Crippen molar-refractivity contribution in [2.45, 2.75) is 72.4 Å². The minimum Gasteiger partial charge on any atom is -0.291 e. The highest BCUT2D eigenvalue weighted by molar-refractivity contribution is 5.79. The number of aromatic nitrogens is 7. The molecule has 0 aliphatic carbocycles. The summed E-state index contributed by atoms with van der Waals surface area (Å²) in [4.78, 5) is 18.2. The second-order valence-corrected chi connectivity index (χ2v) is 9.68. The monoisotopic (exact) mass is 459 g/mol. The smallest absolute Gasteiger partial charge is 0.291 e. The number of nitrogens with zero attached hydrogens (tertiary/aromatic N) is 6. The van der Waals surface area contributed by atoms with Gasteiger partial charge in [-0.3, -0.25) is 14.1 Å². The SMILES string of the molecule is CCCCCc1c(C)n(C(C)(C)C)c(=O)n1Cc1ccc(-c2ccccc2-c2nn[nH]n2)cn1. The van der Waals surface area contributed by atoms with Gasteiger partial charge in [0.15, 0.2) is 0 Å². The fraction of sp³-hybridized carbons (Fsp3) is 0.423. The Hall–Kier alpha value is -3.55.